The van der Waals surface area contributed by atoms with Crippen LogP contribution in [0, 0.1) is 30.5 Å². The van der Waals surface area contributed by atoms with Crippen molar-refractivity contribution in [3.8, 4) is 22.7 Å². The van der Waals surface area contributed by atoms with E-state index in [-0.39, 0.29) is 11.5 Å². The molecule has 3 atom stereocenters. The number of likely N-dealkylation sites (tertiary alicyclic amines) is 1. The van der Waals surface area contributed by atoms with Crippen LogP contribution < -0.4 is 5.73 Å². The second kappa shape index (κ2) is 9.53. The molecule has 3 fully saturated rings. The lowest BCUT2D eigenvalue weighted by molar-refractivity contribution is 0.0696. The molecule has 3 aliphatic rings. The van der Waals surface area contributed by atoms with Crippen molar-refractivity contribution >= 4 is 33.8 Å². The number of furan rings is 1. The number of piperidine rings is 1. The van der Waals surface area contributed by atoms with Crippen LogP contribution in [0.2, 0.25) is 0 Å². The largest absolute Gasteiger partial charge is 0.454 e. The summed E-state index contributed by atoms with van der Waals surface area (Å²) in [6.45, 7) is 5.99. The molecule has 7 nitrogen and oxygen atoms in total. The monoisotopic (exact) mass is 576 g/mol. The van der Waals surface area contributed by atoms with Crippen molar-refractivity contribution in [3.63, 3.8) is 0 Å². The number of hydrogen-bond donors (Lipinski definition) is 1. The lowest BCUT2D eigenvalue weighted by Gasteiger charge is -2.27. The molecule has 218 valence electrons. The summed E-state index contributed by atoms with van der Waals surface area (Å²) in [5, 5.41) is 1.95. The number of rotatable bonds is 6. The number of carbonyl (C=O) groups is 2. The van der Waals surface area contributed by atoms with Gasteiger partial charge in [-0.15, -0.1) is 0 Å². The van der Waals surface area contributed by atoms with Gasteiger partial charge in [-0.25, -0.2) is 9.37 Å². The van der Waals surface area contributed by atoms with Crippen LogP contribution >= 0.6 is 0 Å². The Kier molecular flexibility index (Phi) is 5.80. The minimum atomic E-state index is -0.800. The molecule has 43 heavy (non-hydrogen) atoms. The second-order valence-corrected chi connectivity index (χ2v) is 12.7. The molecule has 2 bridgehead atoms. The Hall–Kier alpha value is -4.46. The van der Waals surface area contributed by atoms with Gasteiger partial charge in [0.1, 0.15) is 17.0 Å². The fraction of sp³-hybridized carbons (Fsp3) is 0.343. The van der Waals surface area contributed by atoms with Gasteiger partial charge in [-0.2, -0.15) is 0 Å². The maximum Gasteiger partial charge on any atom is 0.254 e. The highest BCUT2D eigenvalue weighted by Gasteiger charge is 2.46. The Morgan fingerprint density at radius 2 is 1.88 bits per heavy atom. The first-order valence-corrected chi connectivity index (χ1v) is 15.2. The van der Waals surface area contributed by atoms with Crippen LogP contribution in [0.3, 0.4) is 0 Å². The normalized spacial score (nSPS) is 21.4. The van der Waals surface area contributed by atoms with Crippen molar-refractivity contribution in [3.05, 3.63) is 77.1 Å². The molecule has 8 rings (SSSR count). The summed E-state index contributed by atoms with van der Waals surface area (Å²) >= 11 is 0. The fourth-order valence-electron chi connectivity index (χ4n) is 7.41. The van der Waals surface area contributed by atoms with E-state index in [9.17, 15) is 14.0 Å². The van der Waals surface area contributed by atoms with Crippen LogP contribution in [-0.4, -0.2) is 38.9 Å². The molecule has 2 amide bonds. The molecule has 0 spiro atoms. The standard InChI is InChI=1S/C35H33FN4O3/c1-18-24-8-12-29(18)40(17-24)35(42)23-6-9-25-19(2)32(43-31(25)15-23)30-14-22-7-11-28(38-34(22)39(30)16-20-3-4-20)21-5-10-26(33(37)41)27(36)13-21/h5-7,9-11,13-15,18,20,24,29H,3-4,8,12,16-17H2,1-2H3,(H2,37,41). The van der Waals surface area contributed by atoms with Gasteiger partial charge in [-0.05, 0) is 92.8 Å². The molecular formula is C35H33FN4O3. The fourth-order valence-corrected chi connectivity index (χ4v) is 7.41. The van der Waals surface area contributed by atoms with Gasteiger partial charge in [0, 0.05) is 46.6 Å². The maximum atomic E-state index is 14.6. The molecule has 0 radical (unpaired) electrons. The highest BCUT2D eigenvalue weighted by atomic mass is 19.1. The summed E-state index contributed by atoms with van der Waals surface area (Å²) in [4.78, 5) is 32.1. The summed E-state index contributed by atoms with van der Waals surface area (Å²) in [5.41, 5.74) is 10.5. The van der Waals surface area contributed by atoms with Crippen molar-refractivity contribution in [2.45, 2.75) is 52.1 Å². The first kappa shape index (κ1) is 26.2. The molecule has 5 aromatic rings. The van der Waals surface area contributed by atoms with Crippen LogP contribution in [-0.2, 0) is 6.54 Å². The van der Waals surface area contributed by atoms with Gasteiger partial charge in [0.05, 0.1) is 17.0 Å². The van der Waals surface area contributed by atoms with Gasteiger partial charge in [0.25, 0.3) is 11.8 Å². The molecule has 2 N–H and O–H groups in total. The molecule has 3 aromatic heterocycles. The van der Waals surface area contributed by atoms with Gasteiger partial charge in [-0.1, -0.05) is 19.1 Å². The van der Waals surface area contributed by atoms with E-state index in [0.29, 0.717) is 46.2 Å². The molecule has 2 aliphatic carbocycles. The summed E-state index contributed by atoms with van der Waals surface area (Å²) in [5.74, 6) is 1.16. The quantitative estimate of drug-likeness (QED) is 0.237. The predicted molar refractivity (Wildman–Crippen MR) is 163 cm³/mol. The molecular weight excluding hydrogens is 543 g/mol. The zero-order valence-corrected chi connectivity index (χ0v) is 24.3. The van der Waals surface area contributed by atoms with Crippen LogP contribution in [0.15, 0.2) is 59.0 Å². The van der Waals surface area contributed by atoms with Crippen molar-refractivity contribution in [2.24, 2.45) is 23.5 Å². The van der Waals surface area contributed by atoms with E-state index in [1.54, 1.807) is 6.07 Å². The van der Waals surface area contributed by atoms with E-state index in [4.69, 9.17) is 15.1 Å². The molecule has 1 aliphatic heterocycles. The number of fused-ring (bicyclic) bond motifs is 4. The Bertz CT molecular complexity index is 1970. The zero-order valence-electron chi connectivity index (χ0n) is 24.3. The van der Waals surface area contributed by atoms with E-state index in [1.165, 1.54) is 31.4 Å². The van der Waals surface area contributed by atoms with Crippen molar-refractivity contribution < 1.29 is 18.4 Å². The molecule has 1 saturated heterocycles. The topological polar surface area (TPSA) is 94.4 Å². The molecule has 3 unspecified atom stereocenters. The van der Waals surface area contributed by atoms with E-state index < -0.39 is 11.7 Å². The summed E-state index contributed by atoms with van der Waals surface area (Å²) in [6.07, 6.45) is 4.65. The lowest BCUT2D eigenvalue weighted by Crippen LogP contribution is -2.38. The number of carbonyl (C=O) groups excluding carboxylic acids is 2. The molecule has 8 heteroatoms. The Morgan fingerprint density at radius 1 is 1.05 bits per heavy atom. The summed E-state index contributed by atoms with van der Waals surface area (Å²) in [7, 11) is 0. The Morgan fingerprint density at radius 3 is 2.58 bits per heavy atom. The summed E-state index contributed by atoms with van der Waals surface area (Å²) in [6, 6.07) is 16.5. The van der Waals surface area contributed by atoms with Crippen LogP contribution in [0.5, 0.6) is 0 Å². The number of pyridine rings is 1. The van der Waals surface area contributed by atoms with E-state index >= 15 is 0 Å². The lowest BCUT2D eigenvalue weighted by atomic mass is 10.0. The highest BCUT2D eigenvalue weighted by Crippen LogP contribution is 2.44. The van der Waals surface area contributed by atoms with Crippen molar-refractivity contribution in [2.75, 3.05) is 6.54 Å². The minimum Gasteiger partial charge on any atom is -0.454 e. The van der Waals surface area contributed by atoms with Crippen LogP contribution in [0.1, 0.15) is 58.9 Å². The average Bonchev–Trinajstić information content (AvgIpc) is 3.41. The number of nitrogens with two attached hydrogens (primary N) is 1. The van der Waals surface area contributed by atoms with E-state index in [0.717, 1.165) is 52.9 Å². The van der Waals surface area contributed by atoms with Crippen LogP contribution in [0.25, 0.3) is 44.7 Å². The maximum absolute atomic E-state index is 14.6. The first-order chi connectivity index (χ1) is 20.8. The van der Waals surface area contributed by atoms with Gasteiger partial charge in [0.15, 0.2) is 5.76 Å². The van der Waals surface area contributed by atoms with Gasteiger partial charge in [0.2, 0.25) is 0 Å². The predicted octanol–water partition coefficient (Wildman–Crippen LogP) is 6.94. The number of nitrogens with zero attached hydrogens (tertiary/aromatic N) is 3. The third kappa shape index (κ3) is 4.18. The highest BCUT2D eigenvalue weighted by molar-refractivity contribution is 6.00. The van der Waals surface area contributed by atoms with Gasteiger partial charge < -0.3 is 19.6 Å². The minimum absolute atomic E-state index is 0.0939. The van der Waals surface area contributed by atoms with E-state index in [2.05, 4.69) is 29.4 Å². The SMILES string of the molecule is Cc1c(-c2cc3ccc(-c4ccc(C(N)=O)c(F)c4)nc3n2CC2CC2)oc2cc(C(=O)N3CC4CCC3C4C)ccc12. The first-order valence-electron chi connectivity index (χ1n) is 15.2. The number of hydrogen-bond acceptors (Lipinski definition) is 4. The second-order valence-electron chi connectivity index (χ2n) is 12.7. The van der Waals surface area contributed by atoms with Crippen molar-refractivity contribution in [1.82, 2.24) is 14.5 Å². The molecule has 2 aromatic carbocycles. The average molecular weight is 577 g/mol. The number of aromatic nitrogens is 2. The smallest absolute Gasteiger partial charge is 0.254 e. The number of primary amides is 1. The number of halogens is 1. The summed E-state index contributed by atoms with van der Waals surface area (Å²) < 4.78 is 23.3. The Balaban J connectivity index is 1.19. The van der Waals surface area contributed by atoms with Crippen LogP contribution in [0.4, 0.5) is 4.39 Å². The zero-order chi connectivity index (χ0) is 29.6. The van der Waals surface area contributed by atoms with Gasteiger partial charge >= 0.3 is 0 Å². The van der Waals surface area contributed by atoms with Crippen molar-refractivity contribution in [1.29, 1.82) is 0 Å². The number of aryl methyl sites for hydroxylation is 1. The number of amides is 2. The Labute approximate surface area is 248 Å². The molecule has 4 heterocycles. The number of benzene rings is 2. The third-order valence-electron chi connectivity index (χ3n) is 10.1. The molecule has 2 saturated carbocycles. The third-order valence-corrected chi connectivity index (χ3v) is 10.1. The van der Waals surface area contributed by atoms with E-state index in [1.807, 2.05) is 30.3 Å². The van der Waals surface area contributed by atoms with Gasteiger partial charge in [-0.3, -0.25) is 9.59 Å².